The van der Waals surface area contributed by atoms with Gasteiger partial charge in [-0.1, -0.05) is 6.92 Å². The van der Waals surface area contributed by atoms with E-state index in [1.165, 1.54) is 4.90 Å². The molecule has 1 rings (SSSR count). The van der Waals surface area contributed by atoms with Gasteiger partial charge in [-0.05, 0) is 19.9 Å². The minimum atomic E-state index is -0.938. The SMILES string of the molecule is CNCC(C)C(=O)N(CC(=O)O)C1CC1. The van der Waals surface area contributed by atoms with Gasteiger partial charge < -0.3 is 15.3 Å². The van der Waals surface area contributed by atoms with Crippen LogP contribution in [0.5, 0.6) is 0 Å². The van der Waals surface area contributed by atoms with Gasteiger partial charge in [0.25, 0.3) is 0 Å². The molecule has 1 unspecified atom stereocenters. The van der Waals surface area contributed by atoms with Crippen molar-refractivity contribution in [3.63, 3.8) is 0 Å². The Hall–Kier alpha value is -1.10. The summed E-state index contributed by atoms with van der Waals surface area (Å²) in [6.45, 7) is 2.23. The molecule has 0 radical (unpaired) electrons. The third kappa shape index (κ3) is 3.51. The first-order valence-corrected chi connectivity index (χ1v) is 5.23. The van der Waals surface area contributed by atoms with Crippen LogP contribution in [-0.2, 0) is 9.59 Å². The summed E-state index contributed by atoms with van der Waals surface area (Å²) in [7, 11) is 1.78. The molecule has 0 aromatic heterocycles. The second kappa shape index (κ2) is 5.11. The van der Waals surface area contributed by atoms with Crippen molar-refractivity contribution >= 4 is 11.9 Å². The summed E-state index contributed by atoms with van der Waals surface area (Å²) in [4.78, 5) is 24.0. The van der Waals surface area contributed by atoms with E-state index in [2.05, 4.69) is 5.32 Å². The van der Waals surface area contributed by atoms with E-state index in [0.717, 1.165) is 12.8 Å². The van der Waals surface area contributed by atoms with Gasteiger partial charge in [0.05, 0.1) is 0 Å². The van der Waals surface area contributed by atoms with Crippen LogP contribution in [0, 0.1) is 5.92 Å². The van der Waals surface area contributed by atoms with Crippen LogP contribution in [0.1, 0.15) is 19.8 Å². The van der Waals surface area contributed by atoms with E-state index in [-0.39, 0.29) is 24.4 Å². The monoisotopic (exact) mass is 214 g/mol. The van der Waals surface area contributed by atoms with Crippen LogP contribution >= 0.6 is 0 Å². The Labute approximate surface area is 89.4 Å². The van der Waals surface area contributed by atoms with Crippen molar-refractivity contribution in [2.75, 3.05) is 20.1 Å². The quantitative estimate of drug-likeness (QED) is 0.648. The first-order valence-electron chi connectivity index (χ1n) is 5.23. The Morgan fingerprint density at radius 3 is 2.53 bits per heavy atom. The topological polar surface area (TPSA) is 69.6 Å². The maximum atomic E-state index is 11.9. The molecule has 2 N–H and O–H groups in total. The normalized spacial score (nSPS) is 17.2. The zero-order chi connectivity index (χ0) is 11.4. The van der Waals surface area contributed by atoms with E-state index >= 15 is 0 Å². The van der Waals surface area contributed by atoms with Crippen LogP contribution in [0.3, 0.4) is 0 Å². The molecule has 5 heteroatoms. The predicted octanol–water partition coefficient (Wildman–Crippen LogP) is -0.0825. The lowest BCUT2D eigenvalue weighted by atomic mass is 10.1. The molecule has 5 nitrogen and oxygen atoms in total. The molecule has 1 amide bonds. The second-order valence-corrected chi connectivity index (χ2v) is 4.05. The first kappa shape index (κ1) is 12.0. The Kier molecular flexibility index (Phi) is 4.08. The van der Waals surface area contributed by atoms with Gasteiger partial charge in [0.15, 0.2) is 0 Å². The van der Waals surface area contributed by atoms with Crippen molar-refractivity contribution in [3.8, 4) is 0 Å². The molecule has 1 atom stereocenters. The van der Waals surface area contributed by atoms with Crippen LogP contribution in [0.25, 0.3) is 0 Å². The molecule has 1 saturated carbocycles. The third-order valence-corrected chi connectivity index (χ3v) is 2.51. The van der Waals surface area contributed by atoms with E-state index in [1.54, 1.807) is 7.05 Å². The van der Waals surface area contributed by atoms with Crippen LogP contribution < -0.4 is 5.32 Å². The Morgan fingerprint density at radius 1 is 1.53 bits per heavy atom. The minimum Gasteiger partial charge on any atom is -0.480 e. The van der Waals surface area contributed by atoms with Crippen LogP contribution in [-0.4, -0.2) is 48.1 Å². The number of carbonyl (C=O) groups is 2. The highest BCUT2D eigenvalue weighted by molar-refractivity contribution is 5.83. The number of carboxylic acid groups (broad SMARTS) is 1. The number of aliphatic carboxylic acids is 1. The van der Waals surface area contributed by atoms with Gasteiger partial charge in [0.2, 0.25) is 5.91 Å². The fourth-order valence-electron chi connectivity index (χ4n) is 1.60. The molecular formula is C10H18N2O3. The van der Waals surface area contributed by atoms with Crippen LogP contribution in [0.15, 0.2) is 0 Å². The Bertz CT molecular complexity index is 251. The number of nitrogens with zero attached hydrogens (tertiary/aromatic N) is 1. The number of carbonyl (C=O) groups excluding carboxylic acids is 1. The average Bonchev–Trinajstić information content (AvgIpc) is 2.96. The van der Waals surface area contributed by atoms with Gasteiger partial charge in [-0.2, -0.15) is 0 Å². The Balaban J connectivity index is 2.54. The van der Waals surface area contributed by atoms with Gasteiger partial charge in [0, 0.05) is 18.5 Å². The summed E-state index contributed by atoms with van der Waals surface area (Å²) >= 11 is 0. The third-order valence-electron chi connectivity index (χ3n) is 2.51. The van der Waals surface area contributed by atoms with E-state index in [1.807, 2.05) is 6.92 Å². The lowest BCUT2D eigenvalue weighted by Gasteiger charge is -2.23. The van der Waals surface area contributed by atoms with Gasteiger partial charge in [0.1, 0.15) is 6.54 Å². The van der Waals surface area contributed by atoms with E-state index in [0.29, 0.717) is 6.54 Å². The average molecular weight is 214 g/mol. The number of hydrogen-bond acceptors (Lipinski definition) is 3. The fraction of sp³-hybridized carbons (Fsp3) is 0.800. The number of amides is 1. The zero-order valence-electron chi connectivity index (χ0n) is 9.19. The molecule has 0 aliphatic heterocycles. The highest BCUT2D eigenvalue weighted by Crippen LogP contribution is 2.27. The maximum absolute atomic E-state index is 11.9. The summed E-state index contributed by atoms with van der Waals surface area (Å²) in [5.41, 5.74) is 0. The molecule has 0 spiro atoms. The number of rotatable bonds is 6. The summed E-state index contributed by atoms with van der Waals surface area (Å²) in [5, 5.41) is 11.6. The van der Waals surface area contributed by atoms with Crippen LogP contribution in [0.4, 0.5) is 0 Å². The van der Waals surface area contributed by atoms with Crippen molar-refractivity contribution in [2.45, 2.75) is 25.8 Å². The second-order valence-electron chi connectivity index (χ2n) is 4.05. The number of nitrogens with one attached hydrogen (secondary N) is 1. The molecule has 0 aromatic carbocycles. The fourth-order valence-corrected chi connectivity index (χ4v) is 1.60. The smallest absolute Gasteiger partial charge is 0.323 e. The molecule has 15 heavy (non-hydrogen) atoms. The zero-order valence-corrected chi connectivity index (χ0v) is 9.19. The summed E-state index contributed by atoms with van der Waals surface area (Å²) in [6, 6.07) is 0.160. The molecule has 1 aliphatic rings. The molecule has 1 aliphatic carbocycles. The van der Waals surface area contributed by atoms with E-state index in [9.17, 15) is 9.59 Å². The van der Waals surface area contributed by atoms with Crippen LogP contribution in [0.2, 0.25) is 0 Å². The lowest BCUT2D eigenvalue weighted by molar-refractivity contribution is -0.146. The highest BCUT2D eigenvalue weighted by Gasteiger charge is 2.35. The minimum absolute atomic E-state index is 0.0609. The number of carboxylic acids is 1. The van der Waals surface area contributed by atoms with Crippen molar-refractivity contribution in [2.24, 2.45) is 5.92 Å². The molecule has 0 heterocycles. The highest BCUT2D eigenvalue weighted by atomic mass is 16.4. The standard InChI is InChI=1S/C10H18N2O3/c1-7(5-11-2)10(15)12(6-9(13)14)8-3-4-8/h7-8,11H,3-6H2,1-2H3,(H,13,14). The van der Waals surface area contributed by atoms with Crippen molar-refractivity contribution < 1.29 is 14.7 Å². The predicted molar refractivity (Wildman–Crippen MR) is 55.5 cm³/mol. The molecule has 1 fully saturated rings. The molecule has 0 saturated heterocycles. The van der Waals surface area contributed by atoms with E-state index < -0.39 is 5.97 Å². The molecule has 0 aromatic rings. The number of hydrogen-bond donors (Lipinski definition) is 2. The Morgan fingerprint density at radius 2 is 2.13 bits per heavy atom. The summed E-state index contributed by atoms with van der Waals surface area (Å²) in [5.74, 6) is -1.16. The van der Waals surface area contributed by atoms with Crippen molar-refractivity contribution in [1.82, 2.24) is 10.2 Å². The van der Waals surface area contributed by atoms with Gasteiger partial charge >= 0.3 is 5.97 Å². The molecule has 86 valence electrons. The van der Waals surface area contributed by atoms with E-state index in [4.69, 9.17) is 5.11 Å². The summed E-state index contributed by atoms with van der Waals surface area (Å²) < 4.78 is 0. The van der Waals surface area contributed by atoms with Crippen molar-refractivity contribution in [3.05, 3.63) is 0 Å². The largest absolute Gasteiger partial charge is 0.480 e. The maximum Gasteiger partial charge on any atom is 0.323 e. The van der Waals surface area contributed by atoms with Gasteiger partial charge in [-0.3, -0.25) is 9.59 Å². The lowest BCUT2D eigenvalue weighted by Crippen LogP contribution is -2.42. The summed E-state index contributed by atoms with van der Waals surface area (Å²) in [6.07, 6.45) is 1.87. The first-order chi connectivity index (χ1) is 7.06. The molecular weight excluding hydrogens is 196 g/mol. The molecule has 0 bridgehead atoms. The van der Waals surface area contributed by atoms with Crippen molar-refractivity contribution in [1.29, 1.82) is 0 Å². The van der Waals surface area contributed by atoms with Gasteiger partial charge in [-0.15, -0.1) is 0 Å². The van der Waals surface area contributed by atoms with Gasteiger partial charge in [-0.25, -0.2) is 0 Å².